The van der Waals surface area contributed by atoms with Crippen molar-refractivity contribution < 1.29 is 4.42 Å². The summed E-state index contributed by atoms with van der Waals surface area (Å²) in [6.07, 6.45) is 4.84. The highest BCUT2D eigenvalue weighted by Gasteiger charge is 2.14. The molecule has 0 aliphatic carbocycles. The maximum Gasteiger partial charge on any atom is 0.194 e. The number of hydrogen-bond acceptors (Lipinski definition) is 3. The van der Waals surface area contributed by atoms with Crippen molar-refractivity contribution in [1.29, 1.82) is 0 Å². The second-order valence-corrected chi connectivity index (χ2v) is 6.66. The lowest BCUT2D eigenvalue weighted by molar-refractivity contribution is 0.351. The third-order valence-corrected chi connectivity index (χ3v) is 2.60. The second kappa shape index (κ2) is 6.93. The van der Waals surface area contributed by atoms with Crippen molar-refractivity contribution in [3.63, 3.8) is 0 Å². The van der Waals surface area contributed by atoms with Crippen LogP contribution in [-0.2, 0) is 12.8 Å². The molecule has 1 aromatic heterocycles. The van der Waals surface area contributed by atoms with Gasteiger partial charge in [0, 0.05) is 12.8 Å². The van der Waals surface area contributed by atoms with Crippen LogP contribution in [0, 0.1) is 11.3 Å². The van der Waals surface area contributed by atoms with Crippen LogP contribution in [0.15, 0.2) is 10.6 Å². The summed E-state index contributed by atoms with van der Waals surface area (Å²) in [5.74, 6) is 2.60. The lowest BCUT2D eigenvalue weighted by Gasteiger charge is -2.15. The Bertz CT molecular complexity index is 337. The molecule has 0 spiro atoms. The van der Waals surface area contributed by atoms with E-state index in [1.54, 1.807) is 0 Å². The number of aromatic nitrogens is 1. The third kappa shape index (κ3) is 6.80. The minimum atomic E-state index is 0.260. The number of rotatable bonds is 7. The highest BCUT2D eigenvalue weighted by Crippen LogP contribution is 2.21. The number of hydrogen-bond donors (Lipinski definition) is 1. The first-order valence-corrected chi connectivity index (χ1v) is 7.01. The molecule has 0 bridgehead atoms. The Hall–Kier alpha value is -0.830. The van der Waals surface area contributed by atoms with E-state index in [2.05, 4.69) is 44.9 Å². The average molecular weight is 252 g/mol. The number of nitrogens with one attached hydrogen (secondary N) is 1. The molecule has 0 amide bonds. The van der Waals surface area contributed by atoms with E-state index in [0.29, 0.717) is 5.92 Å². The molecule has 0 saturated heterocycles. The van der Waals surface area contributed by atoms with Gasteiger partial charge in [-0.2, -0.15) is 0 Å². The van der Waals surface area contributed by atoms with E-state index in [1.165, 1.54) is 0 Å². The first-order chi connectivity index (χ1) is 8.37. The van der Waals surface area contributed by atoms with E-state index in [9.17, 15) is 0 Å². The van der Waals surface area contributed by atoms with Gasteiger partial charge in [-0.15, -0.1) is 0 Å². The summed E-state index contributed by atoms with van der Waals surface area (Å²) in [5, 5.41) is 3.43. The molecular weight excluding hydrogens is 224 g/mol. The average Bonchev–Trinajstić information content (AvgIpc) is 2.62. The summed E-state index contributed by atoms with van der Waals surface area (Å²) in [6, 6.07) is 0. The molecule has 0 unspecified atom stereocenters. The van der Waals surface area contributed by atoms with Gasteiger partial charge < -0.3 is 9.73 Å². The van der Waals surface area contributed by atoms with Crippen molar-refractivity contribution in [3.05, 3.63) is 17.8 Å². The van der Waals surface area contributed by atoms with E-state index < -0.39 is 0 Å². The highest BCUT2D eigenvalue weighted by atomic mass is 16.4. The SMILES string of the molecule is CC(C)CNCCCc1ncc(CC(C)(C)C)o1. The fourth-order valence-corrected chi connectivity index (χ4v) is 1.82. The van der Waals surface area contributed by atoms with Gasteiger partial charge in [-0.25, -0.2) is 4.98 Å². The number of aryl methyl sites for hydroxylation is 1. The molecule has 3 heteroatoms. The molecule has 1 heterocycles. The van der Waals surface area contributed by atoms with E-state index in [4.69, 9.17) is 4.42 Å². The van der Waals surface area contributed by atoms with Crippen LogP contribution in [0.5, 0.6) is 0 Å². The second-order valence-electron chi connectivity index (χ2n) is 6.66. The van der Waals surface area contributed by atoms with Gasteiger partial charge in [0.1, 0.15) is 5.76 Å². The quantitative estimate of drug-likeness (QED) is 0.755. The van der Waals surface area contributed by atoms with Crippen LogP contribution in [0.3, 0.4) is 0 Å². The largest absolute Gasteiger partial charge is 0.446 e. The zero-order valence-electron chi connectivity index (χ0n) is 12.5. The van der Waals surface area contributed by atoms with Crippen molar-refractivity contribution in [2.45, 2.75) is 53.9 Å². The van der Waals surface area contributed by atoms with Crippen molar-refractivity contribution in [3.8, 4) is 0 Å². The molecule has 18 heavy (non-hydrogen) atoms. The summed E-state index contributed by atoms with van der Waals surface area (Å²) >= 11 is 0. The molecule has 0 radical (unpaired) electrons. The maximum atomic E-state index is 5.75. The fraction of sp³-hybridized carbons (Fsp3) is 0.800. The van der Waals surface area contributed by atoms with Gasteiger partial charge in [0.05, 0.1) is 6.20 Å². The zero-order chi connectivity index (χ0) is 13.6. The molecule has 104 valence electrons. The summed E-state index contributed by atoms with van der Waals surface area (Å²) < 4.78 is 5.75. The van der Waals surface area contributed by atoms with Crippen LogP contribution >= 0.6 is 0 Å². The molecule has 0 saturated carbocycles. The smallest absolute Gasteiger partial charge is 0.194 e. The van der Waals surface area contributed by atoms with Gasteiger partial charge in [-0.3, -0.25) is 0 Å². The van der Waals surface area contributed by atoms with Crippen LogP contribution in [0.4, 0.5) is 0 Å². The summed E-state index contributed by atoms with van der Waals surface area (Å²) in [6.45, 7) is 13.2. The van der Waals surface area contributed by atoms with Crippen molar-refractivity contribution in [2.75, 3.05) is 13.1 Å². The highest BCUT2D eigenvalue weighted by molar-refractivity contribution is 4.97. The zero-order valence-corrected chi connectivity index (χ0v) is 12.5. The predicted molar refractivity (Wildman–Crippen MR) is 75.7 cm³/mol. The van der Waals surface area contributed by atoms with Gasteiger partial charge in [-0.1, -0.05) is 34.6 Å². The summed E-state index contributed by atoms with van der Waals surface area (Å²) in [7, 11) is 0. The third-order valence-electron chi connectivity index (χ3n) is 2.60. The van der Waals surface area contributed by atoms with Crippen molar-refractivity contribution in [1.82, 2.24) is 10.3 Å². The van der Waals surface area contributed by atoms with E-state index >= 15 is 0 Å². The minimum absolute atomic E-state index is 0.260. The molecule has 0 atom stereocenters. The molecule has 3 nitrogen and oxygen atoms in total. The maximum absolute atomic E-state index is 5.75. The van der Waals surface area contributed by atoms with Gasteiger partial charge in [-0.05, 0) is 30.8 Å². The first kappa shape index (κ1) is 15.2. The van der Waals surface area contributed by atoms with Crippen molar-refractivity contribution in [2.24, 2.45) is 11.3 Å². The molecule has 1 aromatic rings. The van der Waals surface area contributed by atoms with Gasteiger partial charge in [0.15, 0.2) is 5.89 Å². The first-order valence-electron chi connectivity index (χ1n) is 7.01. The Balaban J connectivity index is 2.23. The monoisotopic (exact) mass is 252 g/mol. The topological polar surface area (TPSA) is 38.1 Å². The number of nitrogens with zero attached hydrogens (tertiary/aromatic N) is 1. The van der Waals surface area contributed by atoms with Crippen LogP contribution in [-0.4, -0.2) is 18.1 Å². The lowest BCUT2D eigenvalue weighted by Crippen LogP contribution is -2.21. The standard InChI is InChI=1S/C15H28N2O/c1-12(2)10-16-8-6-7-14-17-11-13(18-14)9-15(3,4)5/h11-12,16H,6-10H2,1-5H3. The molecule has 0 fully saturated rings. The van der Waals surface area contributed by atoms with E-state index in [0.717, 1.165) is 44.0 Å². The van der Waals surface area contributed by atoms with Crippen LogP contribution in [0.2, 0.25) is 0 Å². The Morgan fingerprint density at radius 2 is 2.06 bits per heavy atom. The molecule has 1 rings (SSSR count). The Kier molecular flexibility index (Phi) is 5.86. The normalized spacial score (nSPS) is 12.3. The van der Waals surface area contributed by atoms with Gasteiger partial charge in [0.2, 0.25) is 0 Å². The van der Waals surface area contributed by atoms with Crippen molar-refractivity contribution >= 4 is 0 Å². The molecule has 0 aliphatic heterocycles. The molecular formula is C15H28N2O. The molecule has 0 aliphatic rings. The van der Waals surface area contributed by atoms with E-state index in [-0.39, 0.29) is 5.41 Å². The van der Waals surface area contributed by atoms with Crippen LogP contribution in [0.1, 0.15) is 52.7 Å². The summed E-state index contributed by atoms with van der Waals surface area (Å²) in [4.78, 5) is 4.34. The summed E-state index contributed by atoms with van der Waals surface area (Å²) in [5.41, 5.74) is 0.260. The Morgan fingerprint density at radius 1 is 1.33 bits per heavy atom. The minimum Gasteiger partial charge on any atom is -0.446 e. The predicted octanol–water partition coefficient (Wildman–Crippen LogP) is 3.44. The van der Waals surface area contributed by atoms with Crippen LogP contribution in [0.25, 0.3) is 0 Å². The van der Waals surface area contributed by atoms with Crippen LogP contribution < -0.4 is 5.32 Å². The number of oxazole rings is 1. The Labute approximate surface area is 111 Å². The van der Waals surface area contributed by atoms with Gasteiger partial charge >= 0.3 is 0 Å². The lowest BCUT2D eigenvalue weighted by atomic mass is 9.91. The fourth-order valence-electron chi connectivity index (χ4n) is 1.82. The molecule has 1 N–H and O–H groups in total. The Morgan fingerprint density at radius 3 is 2.67 bits per heavy atom. The molecule has 0 aromatic carbocycles. The van der Waals surface area contributed by atoms with Gasteiger partial charge in [0.25, 0.3) is 0 Å². The van der Waals surface area contributed by atoms with E-state index in [1.807, 2.05) is 6.20 Å².